The molecule has 0 amide bonds. The topological polar surface area (TPSA) is 49.7 Å². The highest BCUT2D eigenvalue weighted by molar-refractivity contribution is 9.10. The van der Waals surface area contributed by atoms with E-state index in [1.54, 1.807) is 12.1 Å². The summed E-state index contributed by atoms with van der Waals surface area (Å²) >= 11 is 3.42. The van der Waals surface area contributed by atoms with Gasteiger partial charge in [0.15, 0.2) is 0 Å². The lowest BCUT2D eigenvalue weighted by atomic mass is 10.1. The highest BCUT2D eigenvalue weighted by Gasteiger charge is 2.10. The lowest BCUT2D eigenvalue weighted by Gasteiger charge is -2.06. The maximum Gasteiger partial charge on any atom is 0.707 e. The van der Waals surface area contributed by atoms with Gasteiger partial charge in [-0.25, -0.2) is 0 Å². The number of hydrogen-bond acceptors (Lipinski definition) is 3. The molecule has 0 saturated carbocycles. The predicted octanol–water partition coefficient (Wildman–Crippen LogP) is 2.46. The highest BCUT2D eigenvalue weighted by Crippen LogP contribution is 2.24. The molecule has 0 bridgehead atoms. The van der Waals surface area contributed by atoms with Crippen LogP contribution in [0.1, 0.15) is 0 Å². The predicted molar refractivity (Wildman–Crippen MR) is 70.4 cm³/mol. The van der Waals surface area contributed by atoms with Crippen LogP contribution >= 0.6 is 15.9 Å². The Labute approximate surface area is 108 Å². The zero-order valence-corrected chi connectivity index (χ0v) is 10.5. The molecule has 0 saturated heterocycles. The number of rotatable bonds is 3. The van der Waals surface area contributed by atoms with Crippen LogP contribution in [0, 0.1) is 0 Å². The van der Waals surface area contributed by atoms with E-state index in [0.717, 1.165) is 15.6 Å². The Morgan fingerprint density at radius 3 is 2.24 bits per heavy atom. The first-order chi connectivity index (χ1) is 8.15. The third-order valence-corrected chi connectivity index (χ3v) is 2.75. The first kappa shape index (κ1) is 12.2. The smallest absolute Gasteiger partial charge is 0.512 e. The fourth-order valence-corrected chi connectivity index (χ4v) is 1.91. The normalized spacial score (nSPS) is 10.1. The Morgan fingerprint density at radius 2 is 1.65 bits per heavy atom. The summed E-state index contributed by atoms with van der Waals surface area (Å²) in [5, 5.41) is 17.3. The molecule has 0 atom stereocenters. The van der Waals surface area contributed by atoms with E-state index in [2.05, 4.69) is 15.9 Å². The van der Waals surface area contributed by atoms with Crippen LogP contribution in [0.4, 0.5) is 0 Å². The molecule has 0 unspecified atom stereocenters. The molecule has 0 aliphatic carbocycles. The molecule has 0 aliphatic rings. The fraction of sp³-hybridized carbons (Fsp3) is 0. The van der Waals surface area contributed by atoms with E-state index in [1.165, 1.54) is 0 Å². The van der Waals surface area contributed by atoms with E-state index in [9.17, 15) is 0 Å². The molecule has 0 heterocycles. The van der Waals surface area contributed by atoms with Gasteiger partial charge in [-0.3, -0.25) is 0 Å². The summed E-state index contributed by atoms with van der Waals surface area (Å²) in [6.07, 6.45) is 0. The Bertz CT molecular complexity index is 499. The van der Waals surface area contributed by atoms with Crippen molar-refractivity contribution in [1.82, 2.24) is 0 Å². The third-order valence-electron chi connectivity index (χ3n) is 2.25. The number of hydrogen-bond donors (Lipinski definition) is 2. The number of benzene rings is 2. The van der Waals surface area contributed by atoms with E-state index >= 15 is 0 Å². The Kier molecular flexibility index (Phi) is 3.84. The molecule has 0 aliphatic heterocycles. The van der Waals surface area contributed by atoms with E-state index in [4.69, 9.17) is 14.7 Å². The van der Waals surface area contributed by atoms with Crippen LogP contribution in [0.5, 0.6) is 5.75 Å². The van der Waals surface area contributed by atoms with Gasteiger partial charge in [-0.2, -0.15) is 0 Å². The van der Waals surface area contributed by atoms with E-state index in [0.29, 0.717) is 5.75 Å². The summed E-state index contributed by atoms with van der Waals surface area (Å²) < 4.78 is 5.75. The fourth-order valence-electron chi connectivity index (χ4n) is 1.52. The lowest BCUT2D eigenvalue weighted by Crippen LogP contribution is -2.20. The first-order valence-electron chi connectivity index (χ1n) is 5.04. The van der Waals surface area contributed by atoms with Crippen molar-refractivity contribution in [2.75, 3.05) is 0 Å². The minimum absolute atomic E-state index is 0.416. The van der Waals surface area contributed by atoms with Crippen molar-refractivity contribution >= 4 is 23.3 Å². The van der Waals surface area contributed by atoms with Gasteiger partial charge in [-0.15, -0.1) is 0 Å². The molecule has 0 radical (unpaired) electrons. The van der Waals surface area contributed by atoms with E-state index < -0.39 is 7.32 Å². The van der Waals surface area contributed by atoms with Gasteiger partial charge >= 0.3 is 7.32 Å². The van der Waals surface area contributed by atoms with Gasteiger partial charge in [0.2, 0.25) is 0 Å². The summed E-state index contributed by atoms with van der Waals surface area (Å²) in [6, 6.07) is 15.0. The molecule has 17 heavy (non-hydrogen) atoms. The van der Waals surface area contributed by atoms with Crippen molar-refractivity contribution in [3.05, 3.63) is 53.0 Å². The molecule has 86 valence electrons. The zero-order chi connectivity index (χ0) is 12.3. The number of halogens is 1. The SMILES string of the molecule is OB(O)Oc1ccc(-c2cccc(Br)c2)cc1. The molecule has 2 aromatic carbocycles. The Hall–Kier alpha value is -1.30. The van der Waals surface area contributed by atoms with Crippen molar-refractivity contribution in [3.63, 3.8) is 0 Å². The average molecular weight is 293 g/mol. The largest absolute Gasteiger partial charge is 0.707 e. The molecular formula is C12H10BBrO3. The van der Waals surface area contributed by atoms with E-state index in [1.807, 2.05) is 36.4 Å². The molecule has 0 aromatic heterocycles. The lowest BCUT2D eigenvalue weighted by molar-refractivity contribution is 0.288. The average Bonchev–Trinajstić information content (AvgIpc) is 2.29. The van der Waals surface area contributed by atoms with Crippen molar-refractivity contribution in [2.45, 2.75) is 0 Å². The van der Waals surface area contributed by atoms with Crippen LogP contribution in [0.2, 0.25) is 0 Å². The van der Waals surface area contributed by atoms with Crippen LogP contribution in [-0.2, 0) is 0 Å². The second-order valence-electron chi connectivity index (χ2n) is 3.48. The van der Waals surface area contributed by atoms with Gasteiger partial charge in [-0.05, 0) is 35.4 Å². The van der Waals surface area contributed by atoms with Crippen molar-refractivity contribution in [2.24, 2.45) is 0 Å². The Morgan fingerprint density at radius 1 is 0.941 bits per heavy atom. The van der Waals surface area contributed by atoms with Gasteiger partial charge in [0.1, 0.15) is 5.75 Å². The van der Waals surface area contributed by atoms with Crippen LogP contribution in [0.25, 0.3) is 11.1 Å². The summed E-state index contributed by atoms with van der Waals surface area (Å²) in [7, 11) is -1.79. The zero-order valence-electron chi connectivity index (χ0n) is 8.88. The van der Waals surface area contributed by atoms with E-state index in [-0.39, 0.29) is 0 Å². The maximum absolute atomic E-state index is 8.66. The summed E-state index contributed by atoms with van der Waals surface area (Å²) in [6.45, 7) is 0. The summed E-state index contributed by atoms with van der Waals surface area (Å²) in [5.74, 6) is 0.416. The van der Waals surface area contributed by atoms with Gasteiger partial charge < -0.3 is 14.7 Å². The van der Waals surface area contributed by atoms with Gasteiger partial charge in [0.05, 0.1) is 0 Å². The van der Waals surface area contributed by atoms with Crippen LogP contribution < -0.4 is 4.65 Å². The summed E-state index contributed by atoms with van der Waals surface area (Å²) in [5.41, 5.74) is 2.11. The molecule has 2 N–H and O–H groups in total. The minimum Gasteiger partial charge on any atom is -0.512 e. The van der Waals surface area contributed by atoms with Crippen molar-refractivity contribution in [1.29, 1.82) is 0 Å². The Balaban J connectivity index is 2.23. The van der Waals surface area contributed by atoms with Crippen LogP contribution in [0.3, 0.4) is 0 Å². The summed E-state index contributed by atoms with van der Waals surface area (Å²) in [4.78, 5) is 0. The molecule has 2 rings (SSSR count). The monoisotopic (exact) mass is 292 g/mol. The second kappa shape index (κ2) is 5.36. The van der Waals surface area contributed by atoms with Gasteiger partial charge in [0, 0.05) is 4.47 Å². The molecule has 2 aromatic rings. The molecule has 0 fully saturated rings. The second-order valence-corrected chi connectivity index (χ2v) is 4.39. The van der Waals surface area contributed by atoms with Crippen LogP contribution in [0.15, 0.2) is 53.0 Å². The highest BCUT2D eigenvalue weighted by atomic mass is 79.9. The minimum atomic E-state index is -1.79. The maximum atomic E-state index is 8.66. The molecular weight excluding hydrogens is 283 g/mol. The van der Waals surface area contributed by atoms with Crippen LogP contribution in [-0.4, -0.2) is 17.4 Å². The quantitative estimate of drug-likeness (QED) is 0.855. The molecule has 0 spiro atoms. The molecule has 3 nitrogen and oxygen atoms in total. The van der Waals surface area contributed by atoms with Gasteiger partial charge in [0.25, 0.3) is 0 Å². The van der Waals surface area contributed by atoms with Crippen molar-refractivity contribution < 1.29 is 14.7 Å². The van der Waals surface area contributed by atoms with Crippen molar-refractivity contribution in [3.8, 4) is 16.9 Å². The first-order valence-corrected chi connectivity index (χ1v) is 5.83. The van der Waals surface area contributed by atoms with Gasteiger partial charge in [-0.1, -0.05) is 40.2 Å². The standard InChI is InChI=1S/C12H10BBrO3/c14-11-3-1-2-10(8-11)9-4-6-12(7-5-9)17-13(15)16/h1-8,15-16H. The third kappa shape index (κ3) is 3.33. The molecule has 5 heteroatoms.